The minimum Gasteiger partial charge on any atom is -0.311 e. The molecule has 0 spiro atoms. The highest BCUT2D eigenvalue weighted by Crippen LogP contribution is 2.23. The minimum absolute atomic E-state index is 0.0729. The van der Waals surface area contributed by atoms with Gasteiger partial charge in [0.2, 0.25) is 10.0 Å². The van der Waals surface area contributed by atoms with Gasteiger partial charge in [-0.25, -0.2) is 8.42 Å². The summed E-state index contributed by atoms with van der Waals surface area (Å²) in [6.45, 7) is 11.0. The number of nitrogens with one attached hydrogen (secondary N) is 2. The van der Waals surface area contributed by atoms with Crippen molar-refractivity contribution in [2.24, 2.45) is 0 Å². The lowest BCUT2D eigenvalue weighted by molar-refractivity contribution is 0.368. The van der Waals surface area contributed by atoms with Gasteiger partial charge in [-0.05, 0) is 27.3 Å². The largest absolute Gasteiger partial charge is 0.311 e. The molecular weight excluding hydrogens is 264 g/mol. The monoisotopic (exact) mass is 288 g/mol. The Morgan fingerprint density at radius 1 is 1.37 bits per heavy atom. The molecule has 6 nitrogen and oxygen atoms in total. The highest BCUT2D eigenvalue weighted by molar-refractivity contribution is 7.89. The normalized spacial score (nSPS) is 12.6. The Morgan fingerprint density at radius 3 is 2.47 bits per heavy atom. The van der Waals surface area contributed by atoms with Crippen LogP contribution in [0.3, 0.4) is 0 Å². The summed E-state index contributed by atoms with van der Waals surface area (Å²) in [7, 11) is -3.50. The Morgan fingerprint density at radius 2 is 2.00 bits per heavy atom. The van der Waals surface area contributed by atoms with Crippen molar-refractivity contribution in [3.8, 4) is 0 Å². The van der Waals surface area contributed by atoms with Gasteiger partial charge in [-0.1, -0.05) is 13.8 Å². The van der Waals surface area contributed by atoms with Crippen molar-refractivity contribution in [2.45, 2.75) is 52.1 Å². The fraction of sp³-hybridized carbons (Fsp3) is 0.750. The SMILES string of the molecule is CCNCc1n[nH]c(C)c1S(=O)(=O)N(CC)C(C)C. The number of nitrogens with zero attached hydrogens (tertiary/aromatic N) is 2. The fourth-order valence-corrected chi connectivity index (χ4v) is 4.08. The van der Waals surface area contributed by atoms with E-state index < -0.39 is 10.0 Å². The van der Waals surface area contributed by atoms with Gasteiger partial charge in [-0.15, -0.1) is 0 Å². The number of rotatable bonds is 7. The lowest BCUT2D eigenvalue weighted by atomic mass is 10.3. The molecule has 0 aromatic carbocycles. The molecule has 0 atom stereocenters. The molecule has 1 heterocycles. The van der Waals surface area contributed by atoms with Crippen molar-refractivity contribution < 1.29 is 8.42 Å². The molecule has 0 radical (unpaired) electrons. The summed E-state index contributed by atoms with van der Waals surface area (Å²) < 4.78 is 26.9. The predicted molar refractivity (Wildman–Crippen MR) is 75.4 cm³/mol. The maximum atomic E-state index is 12.7. The van der Waals surface area contributed by atoms with Crippen molar-refractivity contribution in [3.63, 3.8) is 0 Å². The molecule has 2 N–H and O–H groups in total. The van der Waals surface area contributed by atoms with E-state index in [0.29, 0.717) is 29.4 Å². The third-order valence-corrected chi connectivity index (χ3v) is 5.31. The molecule has 0 fully saturated rings. The quantitative estimate of drug-likeness (QED) is 0.791. The number of sulfonamides is 1. The maximum absolute atomic E-state index is 12.7. The zero-order valence-electron chi connectivity index (χ0n) is 12.3. The number of aryl methyl sites for hydroxylation is 1. The molecule has 0 bridgehead atoms. The molecule has 0 aliphatic rings. The number of aromatic amines is 1. The average molecular weight is 288 g/mol. The van der Waals surface area contributed by atoms with Crippen molar-refractivity contribution >= 4 is 10.0 Å². The van der Waals surface area contributed by atoms with Gasteiger partial charge in [0.1, 0.15) is 4.90 Å². The first-order valence-electron chi connectivity index (χ1n) is 6.62. The van der Waals surface area contributed by atoms with Crippen molar-refractivity contribution in [1.82, 2.24) is 19.8 Å². The van der Waals surface area contributed by atoms with E-state index >= 15 is 0 Å². The van der Waals surface area contributed by atoms with Gasteiger partial charge in [0, 0.05) is 19.1 Å². The Labute approximate surface area is 115 Å². The summed E-state index contributed by atoms with van der Waals surface area (Å²) in [5.74, 6) is 0. The van der Waals surface area contributed by atoms with E-state index in [1.807, 2.05) is 27.7 Å². The van der Waals surface area contributed by atoms with E-state index in [0.717, 1.165) is 6.54 Å². The summed E-state index contributed by atoms with van der Waals surface area (Å²) in [5, 5.41) is 9.99. The maximum Gasteiger partial charge on any atom is 0.247 e. The second-order valence-corrected chi connectivity index (χ2v) is 6.53. The number of H-pyrrole nitrogens is 1. The van der Waals surface area contributed by atoms with Gasteiger partial charge in [0.15, 0.2) is 0 Å². The molecule has 110 valence electrons. The zero-order chi connectivity index (χ0) is 14.6. The van der Waals surface area contributed by atoms with Crippen LogP contribution in [0.2, 0.25) is 0 Å². The van der Waals surface area contributed by atoms with E-state index in [1.54, 1.807) is 6.92 Å². The number of aromatic nitrogens is 2. The van der Waals surface area contributed by atoms with Gasteiger partial charge in [-0.3, -0.25) is 5.10 Å². The standard InChI is InChI=1S/C12H24N4O2S/c1-6-13-8-11-12(10(5)14-15-11)19(17,18)16(7-2)9(3)4/h9,13H,6-8H2,1-5H3,(H,14,15). The molecule has 1 rings (SSSR count). The van der Waals surface area contributed by atoms with Crippen molar-refractivity contribution in [2.75, 3.05) is 13.1 Å². The molecular formula is C12H24N4O2S. The lowest BCUT2D eigenvalue weighted by Gasteiger charge is -2.24. The van der Waals surface area contributed by atoms with Crippen LogP contribution < -0.4 is 5.32 Å². The molecule has 0 unspecified atom stereocenters. The topological polar surface area (TPSA) is 78.1 Å². The molecule has 1 aromatic heterocycles. The summed E-state index contributed by atoms with van der Waals surface area (Å²) in [5.41, 5.74) is 1.14. The van der Waals surface area contributed by atoms with Gasteiger partial charge in [-0.2, -0.15) is 9.40 Å². The van der Waals surface area contributed by atoms with E-state index in [-0.39, 0.29) is 6.04 Å². The number of hydrogen-bond acceptors (Lipinski definition) is 4. The third-order valence-electron chi connectivity index (χ3n) is 2.96. The first kappa shape index (κ1) is 16.1. The Kier molecular flexibility index (Phi) is 5.51. The van der Waals surface area contributed by atoms with Gasteiger partial charge >= 0.3 is 0 Å². The van der Waals surface area contributed by atoms with E-state index in [1.165, 1.54) is 4.31 Å². The van der Waals surface area contributed by atoms with Crippen LogP contribution in [0.25, 0.3) is 0 Å². The predicted octanol–water partition coefficient (Wildman–Crippen LogP) is 1.25. The first-order chi connectivity index (χ1) is 8.86. The zero-order valence-corrected chi connectivity index (χ0v) is 13.1. The molecule has 0 amide bonds. The smallest absolute Gasteiger partial charge is 0.247 e. The average Bonchev–Trinajstić information content (AvgIpc) is 2.68. The minimum atomic E-state index is -3.50. The van der Waals surface area contributed by atoms with E-state index in [4.69, 9.17) is 0 Å². The molecule has 1 aromatic rings. The van der Waals surface area contributed by atoms with Crippen LogP contribution in [0, 0.1) is 6.92 Å². The second-order valence-electron chi connectivity index (χ2n) is 4.71. The molecule has 0 aliphatic heterocycles. The molecule has 19 heavy (non-hydrogen) atoms. The summed E-state index contributed by atoms with van der Waals surface area (Å²) >= 11 is 0. The fourth-order valence-electron chi connectivity index (χ4n) is 2.10. The van der Waals surface area contributed by atoms with Gasteiger partial charge in [0.05, 0.1) is 11.4 Å². The van der Waals surface area contributed by atoms with Crippen LogP contribution in [-0.4, -0.2) is 42.1 Å². The van der Waals surface area contributed by atoms with Crippen molar-refractivity contribution in [3.05, 3.63) is 11.4 Å². The number of hydrogen-bond donors (Lipinski definition) is 2. The molecule has 0 saturated carbocycles. The van der Waals surface area contributed by atoms with Crippen LogP contribution in [0.5, 0.6) is 0 Å². The molecule has 0 aliphatic carbocycles. The van der Waals surface area contributed by atoms with Crippen LogP contribution in [0.4, 0.5) is 0 Å². The van der Waals surface area contributed by atoms with E-state index in [2.05, 4.69) is 15.5 Å². The molecule has 0 saturated heterocycles. The molecule has 7 heteroatoms. The summed E-state index contributed by atoms with van der Waals surface area (Å²) in [4.78, 5) is 0.309. The lowest BCUT2D eigenvalue weighted by Crippen LogP contribution is -2.37. The first-order valence-corrected chi connectivity index (χ1v) is 8.06. The van der Waals surface area contributed by atoms with E-state index in [9.17, 15) is 8.42 Å². The second kappa shape index (κ2) is 6.49. The Hall–Kier alpha value is -0.920. The highest BCUT2D eigenvalue weighted by atomic mass is 32.2. The van der Waals surface area contributed by atoms with Gasteiger partial charge in [0.25, 0.3) is 0 Å². The van der Waals surface area contributed by atoms with Crippen LogP contribution >= 0.6 is 0 Å². The Balaban J connectivity index is 3.23. The third kappa shape index (κ3) is 3.34. The van der Waals surface area contributed by atoms with Crippen LogP contribution in [-0.2, 0) is 16.6 Å². The Bertz CT molecular complexity index is 508. The summed E-state index contributed by atoms with van der Waals surface area (Å²) in [6, 6.07) is -0.0729. The van der Waals surface area contributed by atoms with Crippen molar-refractivity contribution in [1.29, 1.82) is 0 Å². The van der Waals surface area contributed by atoms with Gasteiger partial charge < -0.3 is 5.32 Å². The highest BCUT2D eigenvalue weighted by Gasteiger charge is 2.31. The van der Waals surface area contributed by atoms with Crippen LogP contribution in [0.15, 0.2) is 4.90 Å². The van der Waals surface area contributed by atoms with Crippen LogP contribution in [0.1, 0.15) is 39.1 Å². The summed E-state index contributed by atoms with van der Waals surface area (Å²) in [6.07, 6.45) is 0.